The molecule has 1 saturated carbocycles. The van der Waals surface area contributed by atoms with E-state index >= 15 is 0 Å². The van der Waals surface area contributed by atoms with E-state index in [4.69, 9.17) is 0 Å². The Hall–Kier alpha value is -0.0400. The van der Waals surface area contributed by atoms with Crippen molar-refractivity contribution < 1.29 is 4.48 Å². The minimum Gasteiger partial charge on any atom is -0.321 e. The molecule has 0 aromatic rings. The Labute approximate surface area is 103 Å². The molecule has 0 heterocycles. The Morgan fingerprint density at radius 2 is 1.12 bits per heavy atom. The predicted octanol–water partition coefficient (Wildman–Crippen LogP) is 4.37. The van der Waals surface area contributed by atoms with Crippen LogP contribution in [0.2, 0.25) is 0 Å². The van der Waals surface area contributed by atoms with Crippen LogP contribution in [0.15, 0.2) is 0 Å². The van der Waals surface area contributed by atoms with Crippen LogP contribution >= 0.6 is 0 Å². The van der Waals surface area contributed by atoms with Gasteiger partial charge in [0.15, 0.2) is 0 Å². The van der Waals surface area contributed by atoms with E-state index in [1.807, 2.05) is 0 Å². The second kappa shape index (κ2) is 7.32. The summed E-state index contributed by atoms with van der Waals surface area (Å²) in [6.45, 7) is 11.4. The van der Waals surface area contributed by atoms with Gasteiger partial charge in [-0.3, -0.25) is 0 Å². The van der Waals surface area contributed by atoms with E-state index in [1.54, 1.807) is 0 Å². The van der Waals surface area contributed by atoms with E-state index < -0.39 is 0 Å². The van der Waals surface area contributed by atoms with Gasteiger partial charge in [-0.15, -0.1) is 0 Å². The first-order valence-corrected chi connectivity index (χ1v) is 7.64. The van der Waals surface area contributed by atoms with E-state index in [0.717, 1.165) is 6.04 Å². The fourth-order valence-corrected chi connectivity index (χ4v) is 2.92. The first kappa shape index (κ1) is 14.0. The molecule has 0 aliphatic heterocycles. The lowest BCUT2D eigenvalue weighted by atomic mass is 10.1. The van der Waals surface area contributed by atoms with Crippen LogP contribution in [0.4, 0.5) is 0 Å². The molecule has 1 fully saturated rings. The fraction of sp³-hybridized carbons (Fsp3) is 1.00. The molecule has 0 N–H and O–H groups in total. The van der Waals surface area contributed by atoms with Gasteiger partial charge in [0.2, 0.25) is 0 Å². The lowest BCUT2D eigenvalue weighted by Crippen LogP contribution is -2.52. The van der Waals surface area contributed by atoms with Crippen LogP contribution in [0, 0.1) is 0 Å². The van der Waals surface area contributed by atoms with Crippen molar-refractivity contribution in [2.24, 2.45) is 0 Å². The van der Waals surface area contributed by atoms with Crippen LogP contribution < -0.4 is 0 Å². The van der Waals surface area contributed by atoms with E-state index in [1.165, 1.54) is 75.5 Å². The molecule has 0 radical (unpaired) electrons. The number of hydrogen-bond acceptors (Lipinski definition) is 0. The SMILES string of the molecule is CCCC[N+](CCCC)(CCCC)C1CC1. The Bertz CT molecular complexity index is 150. The third kappa shape index (κ3) is 4.08. The second-order valence-electron chi connectivity index (χ2n) is 5.68. The van der Waals surface area contributed by atoms with Gasteiger partial charge in [-0.05, 0) is 19.3 Å². The number of rotatable bonds is 10. The summed E-state index contributed by atoms with van der Waals surface area (Å²) in [5.41, 5.74) is 0. The molecule has 0 unspecified atom stereocenters. The third-order valence-electron chi connectivity index (χ3n) is 4.19. The topological polar surface area (TPSA) is 0 Å². The van der Waals surface area contributed by atoms with Gasteiger partial charge in [0.25, 0.3) is 0 Å². The fourth-order valence-electron chi connectivity index (χ4n) is 2.92. The maximum atomic E-state index is 2.33. The molecule has 0 bridgehead atoms. The van der Waals surface area contributed by atoms with Gasteiger partial charge in [-0.25, -0.2) is 0 Å². The molecule has 1 rings (SSSR count). The number of quaternary nitrogens is 1. The molecule has 1 heteroatoms. The number of unbranched alkanes of at least 4 members (excludes halogenated alkanes) is 3. The highest BCUT2D eigenvalue weighted by atomic mass is 15.4. The van der Waals surface area contributed by atoms with Crippen molar-refractivity contribution >= 4 is 0 Å². The number of nitrogens with zero attached hydrogens (tertiary/aromatic N) is 1. The molecule has 1 nitrogen and oxygen atoms in total. The zero-order valence-corrected chi connectivity index (χ0v) is 11.8. The van der Waals surface area contributed by atoms with Gasteiger partial charge < -0.3 is 4.48 Å². The summed E-state index contributed by atoms with van der Waals surface area (Å²) in [7, 11) is 0. The zero-order valence-electron chi connectivity index (χ0n) is 11.8. The first-order valence-electron chi connectivity index (χ1n) is 7.64. The molecule has 1 aliphatic rings. The lowest BCUT2D eigenvalue weighted by molar-refractivity contribution is -0.939. The van der Waals surface area contributed by atoms with Gasteiger partial charge in [-0.1, -0.05) is 40.0 Å². The lowest BCUT2D eigenvalue weighted by Gasteiger charge is -2.39. The maximum absolute atomic E-state index is 2.33. The first-order chi connectivity index (χ1) is 7.79. The van der Waals surface area contributed by atoms with Crippen molar-refractivity contribution in [1.29, 1.82) is 0 Å². The van der Waals surface area contributed by atoms with Crippen LogP contribution in [0.5, 0.6) is 0 Å². The Balaban J connectivity index is 2.52. The van der Waals surface area contributed by atoms with Crippen molar-refractivity contribution in [2.75, 3.05) is 19.6 Å². The Kier molecular flexibility index (Phi) is 6.41. The van der Waals surface area contributed by atoms with Gasteiger partial charge in [-0.2, -0.15) is 0 Å². The third-order valence-corrected chi connectivity index (χ3v) is 4.19. The molecule has 1 aliphatic carbocycles. The van der Waals surface area contributed by atoms with Gasteiger partial charge >= 0.3 is 0 Å². The van der Waals surface area contributed by atoms with Crippen LogP contribution in [-0.4, -0.2) is 30.2 Å². The standard InChI is InChI=1S/C15H32N/c1-4-7-12-16(13-8-5-2,14-9-6-3)15-10-11-15/h15H,4-14H2,1-3H3/q+1. The molecular formula is C15H32N+. The molecule has 16 heavy (non-hydrogen) atoms. The highest BCUT2D eigenvalue weighted by molar-refractivity contribution is 4.76. The minimum absolute atomic E-state index is 1.05. The predicted molar refractivity (Wildman–Crippen MR) is 72.6 cm³/mol. The monoisotopic (exact) mass is 226 g/mol. The molecule has 0 amide bonds. The van der Waals surface area contributed by atoms with Crippen molar-refractivity contribution in [3.8, 4) is 0 Å². The van der Waals surface area contributed by atoms with E-state index in [2.05, 4.69) is 20.8 Å². The summed E-state index contributed by atoms with van der Waals surface area (Å²) in [5.74, 6) is 0. The van der Waals surface area contributed by atoms with Crippen molar-refractivity contribution in [3.05, 3.63) is 0 Å². The van der Waals surface area contributed by atoms with Gasteiger partial charge in [0, 0.05) is 12.8 Å². The average Bonchev–Trinajstić information content (AvgIpc) is 3.13. The van der Waals surface area contributed by atoms with Crippen LogP contribution in [0.1, 0.15) is 72.1 Å². The second-order valence-corrected chi connectivity index (χ2v) is 5.68. The normalized spacial score (nSPS) is 16.7. The highest BCUT2D eigenvalue weighted by Crippen LogP contribution is 2.35. The molecule has 0 atom stereocenters. The average molecular weight is 226 g/mol. The largest absolute Gasteiger partial charge is 0.321 e. The number of hydrogen-bond donors (Lipinski definition) is 0. The minimum atomic E-state index is 1.05. The smallest absolute Gasteiger partial charge is 0.0894 e. The van der Waals surface area contributed by atoms with Crippen LogP contribution in [0.25, 0.3) is 0 Å². The molecule has 0 saturated heterocycles. The zero-order chi connectivity index (χ0) is 11.9. The van der Waals surface area contributed by atoms with Gasteiger partial charge in [0.05, 0.1) is 25.7 Å². The summed E-state index contributed by atoms with van der Waals surface area (Å²) < 4.78 is 1.48. The summed E-state index contributed by atoms with van der Waals surface area (Å²) >= 11 is 0. The van der Waals surface area contributed by atoms with E-state index in [9.17, 15) is 0 Å². The molecular weight excluding hydrogens is 194 g/mol. The molecule has 0 aromatic heterocycles. The van der Waals surface area contributed by atoms with Crippen molar-refractivity contribution in [2.45, 2.75) is 78.2 Å². The summed E-state index contributed by atoms with van der Waals surface area (Å²) in [6.07, 6.45) is 11.4. The quantitative estimate of drug-likeness (QED) is 0.485. The summed E-state index contributed by atoms with van der Waals surface area (Å²) in [4.78, 5) is 0. The molecule has 0 aromatic carbocycles. The van der Waals surface area contributed by atoms with E-state index in [0.29, 0.717) is 0 Å². The van der Waals surface area contributed by atoms with Gasteiger partial charge in [0.1, 0.15) is 0 Å². The Morgan fingerprint density at radius 1 is 0.750 bits per heavy atom. The molecule has 96 valence electrons. The Morgan fingerprint density at radius 3 is 1.38 bits per heavy atom. The van der Waals surface area contributed by atoms with Crippen LogP contribution in [-0.2, 0) is 0 Å². The van der Waals surface area contributed by atoms with Crippen LogP contribution in [0.3, 0.4) is 0 Å². The summed E-state index contributed by atoms with van der Waals surface area (Å²) in [5, 5.41) is 0. The molecule has 0 spiro atoms. The van der Waals surface area contributed by atoms with Crippen molar-refractivity contribution in [1.82, 2.24) is 0 Å². The summed E-state index contributed by atoms with van der Waals surface area (Å²) in [6, 6.07) is 1.05. The highest BCUT2D eigenvalue weighted by Gasteiger charge is 2.42. The van der Waals surface area contributed by atoms with E-state index in [-0.39, 0.29) is 0 Å². The van der Waals surface area contributed by atoms with Crippen molar-refractivity contribution in [3.63, 3.8) is 0 Å². The maximum Gasteiger partial charge on any atom is 0.0894 e.